The third kappa shape index (κ3) is 3.82. The number of fused-ring (bicyclic) bond motifs is 1. The number of aromatic nitrogens is 5. The van der Waals surface area contributed by atoms with Crippen molar-refractivity contribution in [1.29, 1.82) is 0 Å². The van der Waals surface area contributed by atoms with Crippen molar-refractivity contribution >= 4 is 45.1 Å². The molecule has 142 valence electrons. The van der Waals surface area contributed by atoms with E-state index in [2.05, 4.69) is 32.3 Å². The van der Waals surface area contributed by atoms with Gasteiger partial charge in [0.2, 0.25) is 16.9 Å². The van der Waals surface area contributed by atoms with E-state index in [4.69, 9.17) is 4.42 Å². The van der Waals surface area contributed by atoms with Crippen molar-refractivity contribution in [2.75, 3.05) is 11.1 Å². The third-order valence-corrected chi connectivity index (χ3v) is 5.50. The summed E-state index contributed by atoms with van der Waals surface area (Å²) in [4.78, 5) is 12.2. The molecule has 4 aromatic rings. The summed E-state index contributed by atoms with van der Waals surface area (Å²) in [7, 11) is 0. The number of nitrogens with zero attached hydrogens (tertiary/aromatic N) is 5. The zero-order chi connectivity index (χ0) is 19.5. The van der Waals surface area contributed by atoms with Crippen LogP contribution in [-0.2, 0) is 11.3 Å². The molecule has 0 unspecified atom stereocenters. The van der Waals surface area contributed by atoms with E-state index in [0.717, 1.165) is 16.0 Å². The average molecular weight is 413 g/mol. The number of aryl methyl sites for hydroxylation is 1. The van der Waals surface area contributed by atoms with Gasteiger partial charge in [-0.25, -0.2) is 0 Å². The molecule has 0 saturated carbocycles. The van der Waals surface area contributed by atoms with E-state index in [-0.39, 0.29) is 11.7 Å². The third-order valence-electron chi connectivity index (χ3n) is 3.78. The summed E-state index contributed by atoms with van der Waals surface area (Å²) < 4.78 is 7.77. The SMILES string of the molecule is C=CCn1c(SCC(=O)Nc2nnc(C)s2)nnc1-c1cc2ccccc2o1. The van der Waals surface area contributed by atoms with Gasteiger partial charge in [-0.15, -0.1) is 27.0 Å². The summed E-state index contributed by atoms with van der Waals surface area (Å²) in [5.41, 5.74) is 0.784. The molecule has 0 aliphatic rings. The summed E-state index contributed by atoms with van der Waals surface area (Å²) in [6.45, 7) is 6.13. The summed E-state index contributed by atoms with van der Waals surface area (Å²) in [5.74, 6) is 1.21. The second kappa shape index (κ2) is 7.95. The van der Waals surface area contributed by atoms with Gasteiger partial charge in [0.05, 0.1) is 5.75 Å². The van der Waals surface area contributed by atoms with Crippen LogP contribution in [0.15, 0.2) is 52.6 Å². The summed E-state index contributed by atoms with van der Waals surface area (Å²) in [6.07, 6.45) is 1.75. The van der Waals surface area contributed by atoms with Crippen LogP contribution < -0.4 is 5.32 Å². The molecule has 0 radical (unpaired) electrons. The minimum absolute atomic E-state index is 0.175. The van der Waals surface area contributed by atoms with Crippen molar-refractivity contribution in [2.45, 2.75) is 18.6 Å². The lowest BCUT2D eigenvalue weighted by molar-refractivity contribution is -0.113. The predicted octanol–water partition coefficient (Wildman–Crippen LogP) is 3.77. The van der Waals surface area contributed by atoms with Gasteiger partial charge in [-0.3, -0.25) is 14.7 Å². The van der Waals surface area contributed by atoms with Crippen molar-refractivity contribution < 1.29 is 9.21 Å². The summed E-state index contributed by atoms with van der Waals surface area (Å²) in [5, 5.41) is 21.9. The zero-order valence-electron chi connectivity index (χ0n) is 15.0. The van der Waals surface area contributed by atoms with Gasteiger partial charge in [0.15, 0.2) is 10.9 Å². The highest BCUT2D eigenvalue weighted by Crippen LogP contribution is 2.29. The largest absolute Gasteiger partial charge is 0.453 e. The Kier molecular flexibility index (Phi) is 5.22. The Hall–Kier alpha value is -2.98. The van der Waals surface area contributed by atoms with E-state index in [1.165, 1.54) is 23.1 Å². The molecule has 0 atom stereocenters. The van der Waals surface area contributed by atoms with E-state index in [1.807, 2.05) is 41.8 Å². The van der Waals surface area contributed by atoms with E-state index in [0.29, 0.717) is 28.4 Å². The van der Waals surface area contributed by atoms with Gasteiger partial charge in [-0.2, -0.15) is 0 Å². The van der Waals surface area contributed by atoms with Crippen molar-refractivity contribution in [1.82, 2.24) is 25.0 Å². The van der Waals surface area contributed by atoms with Crippen molar-refractivity contribution in [2.24, 2.45) is 0 Å². The van der Waals surface area contributed by atoms with Gasteiger partial charge in [0, 0.05) is 11.9 Å². The van der Waals surface area contributed by atoms with Gasteiger partial charge < -0.3 is 4.42 Å². The maximum atomic E-state index is 12.2. The molecule has 3 aromatic heterocycles. The number of nitrogens with one attached hydrogen (secondary N) is 1. The molecule has 3 heterocycles. The van der Waals surface area contributed by atoms with Crippen LogP contribution in [0, 0.1) is 6.92 Å². The molecule has 28 heavy (non-hydrogen) atoms. The second-order valence-electron chi connectivity index (χ2n) is 5.82. The molecule has 10 heteroatoms. The number of hydrogen-bond donors (Lipinski definition) is 1. The molecule has 0 fully saturated rings. The van der Waals surface area contributed by atoms with Gasteiger partial charge in [0.25, 0.3) is 0 Å². The van der Waals surface area contributed by atoms with Gasteiger partial charge in [-0.05, 0) is 19.1 Å². The average Bonchev–Trinajstić information content (AvgIpc) is 3.38. The number of thioether (sulfide) groups is 1. The number of benzene rings is 1. The highest BCUT2D eigenvalue weighted by atomic mass is 32.2. The number of amides is 1. The smallest absolute Gasteiger partial charge is 0.236 e. The molecule has 1 aromatic carbocycles. The zero-order valence-corrected chi connectivity index (χ0v) is 16.6. The maximum absolute atomic E-state index is 12.2. The van der Waals surface area contributed by atoms with Crippen LogP contribution in [0.1, 0.15) is 5.01 Å². The van der Waals surface area contributed by atoms with E-state index < -0.39 is 0 Å². The Morgan fingerprint density at radius 3 is 2.93 bits per heavy atom. The number of anilines is 1. The maximum Gasteiger partial charge on any atom is 0.236 e. The minimum Gasteiger partial charge on any atom is -0.453 e. The van der Waals surface area contributed by atoms with Crippen LogP contribution in [-0.4, -0.2) is 36.6 Å². The van der Waals surface area contributed by atoms with Crippen LogP contribution in [0.4, 0.5) is 5.13 Å². The molecule has 0 aliphatic carbocycles. The second-order valence-corrected chi connectivity index (χ2v) is 7.94. The molecular weight excluding hydrogens is 396 g/mol. The number of rotatable bonds is 7. The van der Waals surface area contributed by atoms with Gasteiger partial charge in [-0.1, -0.05) is 47.4 Å². The van der Waals surface area contributed by atoms with Crippen LogP contribution >= 0.6 is 23.1 Å². The van der Waals surface area contributed by atoms with Crippen molar-refractivity contribution in [3.05, 3.63) is 48.0 Å². The first kappa shape index (κ1) is 18.4. The minimum atomic E-state index is -0.181. The lowest BCUT2D eigenvalue weighted by atomic mass is 10.2. The quantitative estimate of drug-likeness (QED) is 0.364. The molecule has 0 spiro atoms. The van der Waals surface area contributed by atoms with Crippen LogP contribution in [0.3, 0.4) is 0 Å². The summed E-state index contributed by atoms with van der Waals surface area (Å²) >= 11 is 2.62. The lowest BCUT2D eigenvalue weighted by Gasteiger charge is -2.06. The molecule has 0 aliphatic heterocycles. The number of carbonyl (C=O) groups excluding carboxylic acids is 1. The van der Waals surface area contributed by atoms with E-state index in [1.54, 1.807) is 6.08 Å². The fourth-order valence-electron chi connectivity index (χ4n) is 2.60. The number of para-hydroxylation sites is 1. The molecule has 8 nitrogen and oxygen atoms in total. The Morgan fingerprint density at radius 1 is 1.32 bits per heavy atom. The molecule has 1 N–H and O–H groups in total. The lowest BCUT2D eigenvalue weighted by Crippen LogP contribution is -2.14. The molecule has 0 saturated heterocycles. The highest BCUT2D eigenvalue weighted by Gasteiger charge is 2.18. The Morgan fingerprint density at radius 2 is 2.18 bits per heavy atom. The summed E-state index contributed by atoms with van der Waals surface area (Å²) in [6, 6.07) is 9.69. The highest BCUT2D eigenvalue weighted by molar-refractivity contribution is 7.99. The van der Waals surface area contributed by atoms with Crippen LogP contribution in [0.5, 0.6) is 0 Å². The fourth-order valence-corrected chi connectivity index (χ4v) is 3.95. The normalized spacial score (nSPS) is 11.0. The van der Waals surface area contributed by atoms with E-state index >= 15 is 0 Å². The first-order valence-electron chi connectivity index (χ1n) is 8.40. The first-order chi connectivity index (χ1) is 13.6. The molecule has 0 bridgehead atoms. The first-order valence-corrected chi connectivity index (χ1v) is 10.2. The Labute approximate surface area is 168 Å². The van der Waals surface area contributed by atoms with Gasteiger partial charge >= 0.3 is 0 Å². The number of allylic oxidation sites excluding steroid dienone is 1. The van der Waals surface area contributed by atoms with E-state index in [9.17, 15) is 4.79 Å². The topological polar surface area (TPSA) is 98.7 Å². The number of hydrogen-bond acceptors (Lipinski definition) is 8. The van der Waals surface area contributed by atoms with Crippen LogP contribution in [0.2, 0.25) is 0 Å². The Bertz CT molecular complexity index is 1110. The molecule has 4 rings (SSSR count). The fraction of sp³-hybridized carbons (Fsp3) is 0.167. The molecular formula is C18H16N6O2S2. The standard InChI is InChI=1S/C18H16N6O2S2/c1-3-8-24-16(14-9-12-6-4-5-7-13(12)26-14)21-23-18(24)27-10-15(25)19-17-22-20-11(2)28-17/h3-7,9H,1,8,10H2,2H3,(H,19,22,25). The van der Waals surface area contributed by atoms with Gasteiger partial charge in [0.1, 0.15) is 10.6 Å². The molecule has 1 amide bonds. The Balaban J connectivity index is 1.52. The van der Waals surface area contributed by atoms with Crippen molar-refractivity contribution in [3.8, 4) is 11.6 Å². The van der Waals surface area contributed by atoms with Crippen LogP contribution in [0.25, 0.3) is 22.6 Å². The van der Waals surface area contributed by atoms with Crippen molar-refractivity contribution in [3.63, 3.8) is 0 Å². The predicted molar refractivity (Wildman–Crippen MR) is 109 cm³/mol. The number of furan rings is 1. The monoisotopic (exact) mass is 412 g/mol. The number of carbonyl (C=O) groups is 1.